The molecular weight excluding hydrogens is 375 g/mol. The lowest BCUT2D eigenvalue weighted by atomic mass is 10.0. The first-order valence-corrected chi connectivity index (χ1v) is 8.82. The molecule has 150 valence electrons. The van der Waals surface area contributed by atoms with Crippen molar-refractivity contribution in [2.75, 3.05) is 13.1 Å². The summed E-state index contributed by atoms with van der Waals surface area (Å²) in [4.78, 5) is 29.8. The highest BCUT2D eigenvalue weighted by molar-refractivity contribution is 5.99. The van der Waals surface area contributed by atoms with Crippen molar-refractivity contribution in [3.8, 4) is 11.3 Å². The van der Waals surface area contributed by atoms with Crippen LogP contribution in [0.25, 0.3) is 11.3 Å². The summed E-state index contributed by atoms with van der Waals surface area (Å²) < 4.78 is 38.7. The van der Waals surface area contributed by atoms with Gasteiger partial charge in [0.15, 0.2) is 0 Å². The zero-order valence-electron chi connectivity index (χ0n) is 15.2. The van der Waals surface area contributed by atoms with Crippen molar-refractivity contribution in [2.45, 2.75) is 31.5 Å². The molecular formula is C18H20F3N5O2. The first-order chi connectivity index (χ1) is 13.2. The number of alkyl halides is 3. The number of hydrogen-bond acceptors (Lipinski definition) is 4. The Kier molecular flexibility index (Phi) is 5.66. The standard InChI is InChI=1S/C18H20F3N5O2/c1-25-11-12(10-23-25)16-14(3-2-6-22-16)17(28)24-13-4-7-26(8-5-13)15(27)9-18(19,20)21/h2-3,6,10-11,13H,4-5,7-9H2,1H3,(H,24,28). The number of halogens is 3. The minimum atomic E-state index is -4.51. The zero-order chi connectivity index (χ0) is 20.3. The summed E-state index contributed by atoms with van der Waals surface area (Å²) in [5.74, 6) is -1.24. The van der Waals surface area contributed by atoms with Crippen molar-refractivity contribution in [2.24, 2.45) is 7.05 Å². The van der Waals surface area contributed by atoms with Crippen molar-refractivity contribution in [1.29, 1.82) is 0 Å². The monoisotopic (exact) mass is 395 g/mol. The fraction of sp³-hybridized carbons (Fsp3) is 0.444. The summed E-state index contributed by atoms with van der Waals surface area (Å²) in [5, 5.41) is 6.98. The molecule has 10 heteroatoms. The Bertz CT molecular complexity index is 857. The number of hydrogen-bond donors (Lipinski definition) is 1. The van der Waals surface area contributed by atoms with Crippen LogP contribution in [0.4, 0.5) is 13.2 Å². The van der Waals surface area contributed by atoms with E-state index in [1.807, 2.05) is 0 Å². The Morgan fingerprint density at radius 3 is 2.61 bits per heavy atom. The van der Waals surface area contributed by atoms with Crippen LogP contribution >= 0.6 is 0 Å². The number of piperidine rings is 1. The van der Waals surface area contributed by atoms with Crippen molar-refractivity contribution in [3.05, 3.63) is 36.3 Å². The Labute approximate surface area is 159 Å². The number of carbonyl (C=O) groups excluding carboxylic acids is 2. The Hall–Kier alpha value is -2.91. The highest BCUT2D eigenvalue weighted by Crippen LogP contribution is 2.23. The molecule has 0 aliphatic carbocycles. The molecule has 0 atom stereocenters. The van der Waals surface area contributed by atoms with E-state index in [-0.39, 0.29) is 25.0 Å². The summed E-state index contributed by atoms with van der Waals surface area (Å²) in [5.41, 5.74) is 1.61. The maximum absolute atomic E-state index is 12.7. The maximum Gasteiger partial charge on any atom is 0.397 e. The maximum atomic E-state index is 12.7. The normalized spacial score (nSPS) is 15.5. The minimum absolute atomic E-state index is 0.183. The van der Waals surface area contributed by atoms with Crippen LogP contribution in [0.2, 0.25) is 0 Å². The lowest BCUT2D eigenvalue weighted by Crippen LogP contribution is -2.47. The lowest BCUT2D eigenvalue weighted by molar-refractivity contribution is -0.162. The number of nitrogens with one attached hydrogen (secondary N) is 1. The van der Waals surface area contributed by atoms with Gasteiger partial charge in [-0.1, -0.05) is 0 Å². The van der Waals surface area contributed by atoms with E-state index in [1.165, 1.54) is 4.90 Å². The molecule has 2 aromatic heterocycles. The molecule has 3 heterocycles. The Balaban J connectivity index is 1.61. The molecule has 0 radical (unpaired) electrons. The van der Waals surface area contributed by atoms with E-state index < -0.39 is 18.5 Å². The van der Waals surface area contributed by atoms with Gasteiger partial charge in [-0.15, -0.1) is 0 Å². The summed E-state index contributed by atoms with van der Waals surface area (Å²) in [6.45, 7) is 0.366. The van der Waals surface area contributed by atoms with Crippen molar-refractivity contribution in [3.63, 3.8) is 0 Å². The third kappa shape index (κ3) is 4.87. The number of aryl methyl sites for hydroxylation is 1. The van der Waals surface area contributed by atoms with Crippen LogP contribution in [0.3, 0.4) is 0 Å². The zero-order valence-corrected chi connectivity index (χ0v) is 15.2. The quantitative estimate of drug-likeness (QED) is 0.860. The van der Waals surface area contributed by atoms with E-state index in [2.05, 4.69) is 15.4 Å². The van der Waals surface area contributed by atoms with E-state index in [1.54, 1.807) is 42.5 Å². The molecule has 3 rings (SSSR count). The number of nitrogens with zero attached hydrogens (tertiary/aromatic N) is 4. The summed E-state index contributed by atoms with van der Waals surface area (Å²) >= 11 is 0. The van der Waals surface area contributed by atoms with Gasteiger partial charge in [-0.25, -0.2) is 0 Å². The molecule has 2 amide bonds. The molecule has 0 spiro atoms. The van der Waals surface area contributed by atoms with Crippen LogP contribution in [0.1, 0.15) is 29.6 Å². The van der Waals surface area contributed by atoms with Crippen LogP contribution in [0.5, 0.6) is 0 Å². The van der Waals surface area contributed by atoms with Gasteiger partial charge in [0.25, 0.3) is 5.91 Å². The number of pyridine rings is 1. The first-order valence-electron chi connectivity index (χ1n) is 8.82. The van der Waals surface area contributed by atoms with E-state index in [9.17, 15) is 22.8 Å². The van der Waals surface area contributed by atoms with E-state index >= 15 is 0 Å². The van der Waals surface area contributed by atoms with Crippen LogP contribution in [-0.2, 0) is 11.8 Å². The fourth-order valence-electron chi connectivity index (χ4n) is 3.18. The van der Waals surface area contributed by atoms with Crippen LogP contribution < -0.4 is 5.32 Å². The van der Waals surface area contributed by atoms with Gasteiger partial charge in [0.2, 0.25) is 5.91 Å². The number of aromatic nitrogens is 3. The molecule has 0 aromatic carbocycles. The first kappa shape index (κ1) is 19.8. The number of carbonyl (C=O) groups is 2. The molecule has 1 aliphatic heterocycles. The largest absolute Gasteiger partial charge is 0.397 e. The molecule has 0 bridgehead atoms. The summed E-state index contributed by atoms with van der Waals surface area (Å²) in [7, 11) is 1.76. The lowest BCUT2D eigenvalue weighted by Gasteiger charge is -2.32. The van der Waals surface area contributed by atoms with Crippen molar-refractivity contribution >= 4 is 11.8 Å². The Morgan fingerprint density at radius 1 is 1.29 bits per heavy atom. The van der Waals surface area contributed by atoms with Crippen molar-refractivity contribution in [1.82, 2.24) is 25.0 Å². The summed E-state index contributed by atoms with van der Waals surface area (Å²) in [6, 6.07) is 3.10. The third-order valence-corrected chi connectivity index (χ3v) is 4.57. The van der Waals surface area contributed by atoms with Gasteiger partial charge in [0.1, 0.15) is 6.42 Å². The average Bonchev–Trinajstić information content (AvgIpc) is 3.07. The number of rotatable bonds is 4. The smallest absolute Gasteiger partial charge is 0.349 e. The van der Waals surface area contributed by atoms with Crippen LogP contribution in [0.15, 0.2) is 30.7 Å². The number of amides is 2. The molecule has 1 N–H and O–H groups in total. The highest BCUT2D eigenvalue weighted by Gasteiger charge is 2.35. The SMILES string of the molecule is Cn1cc(-c2ncccc2C(=O)NC2CCN(C(=O)CC(F)(F)F)CC2)cn1. The van der Waals surface area contributed by atoms with E-state index in [0.29, 0.717) is 29.7 Å². The van der Waals surface area contributed by atoms with Gasteiger partial charge < -0.3 is 10.2 Å². The number of likely N-dealkylation sites (tertiary alicyclic amines) is 1. The second-order valence-corrected chi connectivity index (χ2v) is 6.72. The van der Waals surface area contributed by atoms with Gasteiger partial charge in [0, 0.05) is 44.1 Å². The predicted octanol–water partition coefficient (Wildman–Crippen LogP) is 2.16. The molecule has 0 saturated carbocycles. The highest BCUT2D eigenvalue weighted by atomic mass is 19.4. The van der Waals surface area contributed by atoms with Gasteiger partial charge in [0.05, 0.1) is 17.5 Å². The fourth-order valence-corrected chi connectivity index (χ4v) is 3.18. The molecule has 28 heavy (non-hydrogen) atoms. The van der Waals surface area contributed by atoms with E-state index in [0.717, 1.165) is 0 Å². The van der Waals surface area contributed by atoms with Crippen molar-refractivity contribution < 1.29 is 22.8 Å². The predicted molar refractivity (Wildman–Crippen MR) is 94.2 cm³/mol. The Morgan fingerprint density at radius 2 is 2.00 bits per heavy atom. The molecule has 1 fully saturated rings. The van der Waals surface area contributed by atoms with Gasteiger partial charge in [-0.2, -0.15) is 18.3 Å². The topological polar surface area (TPSA) is 80.1 Å². The van der Waals surface area contributed by atoms with Gasteiger partial charge >= 0.3 is 6.18 Å². The molecule has 7 nitrogen and oxygen atoms in total. The molecule has 1 aliphatic rings. The molecule has 2 aromatic rings. The molecule has 0 unspecified atom stereocenters. The van der Waals surface area contributed by atoms with E-state index in [4.69, 9.17) is 0 Å². The second kappa shape index (κ2) is 7.99. The molecule has 1 saturated heterocycles. The summed E-state index contributed by atoms with van der Waals surface area (Å²) in [6.07, 6.45) is -0.202. The van der Waals surface area contributed by atoms with Gasteiger partial charge in [-0.05, 0) is 25.0 Å². The third-order valence-electron chi connectivity index (χ3n) is 4.57. The minimum Gasteiger partial charge on any atom is -0.349 e. The second-order valence-electron chi connectivity index (χ2n) is 6.72. The van der Waals surface area contributed by atoms with Gasteiger partial charge in [-0.3, -0.25) is 19.3 Å². The van der Waals surface area contributed by atoms with Crippen LogP contribution in [-0.4, -0.2) is 56.8 Å². The average molecular weight is 395 g/mol. The van der Waals surface area contributed by atoms with Crippen LogP contribution in [0, 0.1) is 0 Å².